The van der Waals surface area contributed by atoms with Crippen LogP contribution in [0.25, 0.3) is 27.5 Å². The lowest BCUT2D eigenvalue weighted by atomic mass is 9.95. The highest BCUT2D eigenvalue weighted by Crippen LogP contribution is 2.28. The third-order valence-corrected chi connectivity index (χ3v) is 7.73. The van der Waals surface area contributed by atoms with Gasteiger partial charge in [0.05, 0.1) is 11.0 Å². The van der Waals surface area contributed by atoms with Crippen LogP contribution < -0.4 is 10.6 Å². The Morgan fingerprint density at radius 1 is 1.00 bits per heavy atom. The summed E-state index contributed by atoms with van der Waals surface area (Å²) in [4.78, 5) is 30.4. The molecule has 1 N–H and O–H groups in total. The number of para-hydroxylation sites is 2. The van der Waals surface area contributed by atoms with Crippen molar-refractivity contribution in [3.05, 3.63) is 77.7 Å². The summed E-state index contributed by atoms with van der Waals surface area (Å²) in [5.41, 5.74) is 3.43. The second-order valence-electron chi connectivity index (χ2n) is 10.4. The van der Waals surface area contributed by atoms with Crippen LogP contribution in [0.15, 0.2) is 72.0 Å². The van der Waals surface area contributed by atoms with Gasteiger partial charge in [-0.15, -0.1) is 0 Å². The molecule has 3 aromatic carbocycles. The van der Waals surface area contributed by atoms with E-state index in [9.17, 15) is 14.7 Å². The number of carbonyl (C=O) groups is 1. The summed E-state index contributed by atoms with van der Waals surface area (Å²) in [6.07, 6.45) is 2.48. The third kappa shape index (κ3) is 5.11. The van der Waals surface area contributed by atoms with E-state index in [1.165, 1.54) is 0 Å². The number of imidazole rings is 1. The standard InChI is InChI=1S/C31H36N4O3/c1-4-30(37)34(26-11-9-25-20-27(36)12-10-24(25)19-26)21-23-13-15-32(16-14-23)17-18-33-28-7-5-6-8-29(28)35(22(2)3)31(33)38/h5-12,19-20,23,36H,2,4,13-18,21H2,1,3H3. The van der Waals surface area contributed by atoms with Gasteiger partial charge in [-0.25, -0.2) is 4.79 Å². The van der Waals surface area contributed by atoms with Crippen LogP contribution in [0.5, 0.6) is 5.75 Å². The molecule has 1 saturated heterocycles. The van der Waals surface area contributed by atoms with Gasteiger partial charge >= 0.3 is 5.69 Å². The maximum Gasteiger partial charge on any atom is 0.333 e. The first-order chi connectivity index (χ1) is 18.4. The predicted molar refractivity (Wildman–Crippen MR) is 155 cm³/mol. The summed E-state index contributed by atoms with van der Waals surface area (Å²) < 4.78 is 3.55. The SMILES string of the molecule is C=C(C)n1c(=O)n(CCN2CCC(CN(C(=O)CC)c3ccc4cc(O)ccc4c3)CC2)c2ccccc21. The van der Waals surface area contributed by atoms with E-state index >= 15 is 0 Å². The third-order valence-electron chi connectivity index (χ3n) is 7.73. The normalized spacial score (nSPS) is 14.8. The Morgan fingerprint density at radius 2 is 1.68 bits per heavy atom. The van der Waals surface area contributed by atoms with Gasteiger partial charge in [-0.05, 0) is 85.9 Å². The zero-order valence-corrected chi connectivity index (χ0v) is 22.3. The Balaban J connectivity index is 1.23. The van der Waals surface area contributed by atoms with Crippen molar-refractivity contribution in [2.45, 2.75) is 39.7 Å². The van der Waals surface area contributed by atoms with Crippen molar-refractivity contribution in [3.8, 4) is 5.75 Å². The second kappa shape index (κ2) is 10.9. The minimum atomic E-state index is -0.0343. The number of phenols is 1. The number of benzene rings is 3. The largest absolute Gasteiger partial charge is 0.508 e. The van der Waals surface area contributed by atoms with Crippen molar-refractivity contribution in [2.24, 2.45) is 5.92 Å². The zero-order valence-electron chi connectivity index (χ0n) is 22.3. The number of fused-ring (bicyclic) bond motifs is 2. The van der Waals surface area contributed by atoms with E-state index in [4.69, 9.17) is 0 Å². The molecule has 0 aliphatic carbocycles. The van der Waals surface area contributed by atoms with Crippen molar-refractivity contribution in [3.63, 3.8) is 0 Å². The highest BCUT2D eigenvalue weighted by atomic mass is 16.3. The van der Waals surface area contributed by atoms with Gasteiger partial charge < -0.3 is 14.9 Å². The summed E-state index contributed by atoms with van der Waals surface area (Å²) >= 11 is 0. The number of nitrogens with zero attached hydrogens (tertiary/aromatic N) is 4. The van der Waals surface area contributed by atoms with E-state index in [-0.39, 0.29) is 17.3 Å². The number of likely N-dealkylation sites (tertiary alicyclic amines) is 1. The number of aromatic hydroxyl groups is 1. The molecule has 1 aromatic heterocycles. The van der Waals surface area contributed by atoms with Gasteiger partial charge in [-0.3, -0.25) is 13.9 Å². The highest BCUT2D eigenvalue weighted by Gasteiger charge is 2.25. The minimum absolute atomic E-state index is 0.0343. The molecule has 1 aliphatic rings. The molecule has 198 valence electrons. The first-order valence-corrected chi connectivity index (χ1v) is 13.5. The van der Waals surface area contributed by atoms with Crippen molar-refractivity contribution >= 4 is 39.1 Å². The smallest absolute Gasteiger partial charge is 0.333 e. The van der Waals surface area contributed by atoms with Crippen LogP contribution in [-0.4, -0.2) is 51.2 Å². The van der Waals surface area contributed by atoms with Gasteiger partial charge in [0.15, 0.2) is 0 Å². The van der Waals surface area contributed by atoms with Gasteiger partial charge in [0, 0.05) is 37.4 Å². The van der Waals surface area contributed by atoms with Crippen molar-refractivity contribution in [1.82, 2.24) is 14.0 Å². The molecule has 1 fully saturated rings. The van der Waals surface area contributed by atoms with Crippen molar-refractivity contribution in [2.75, 3.05) is 31.1 Å². The Morgan fingerprint density at radius 3 is 2.39 bits per heavy atom. The number of aromatic nitrogens is 2. The molecule has 0 radical (unpaired) electrons. The summed E-state index contributed by atoms with van der Waals surface area (Å²) in [7, 11) is 0. The number of piperidine rings is 1. The number of hydrogen-bond donors (Lipinski definition) is 1. The Labute approximate surface area is 223 Å². The molecule has 2 heterocycles. The highest BCUT2D eigenvalue weighted by molar-refractivity contribution is 5.96. The number of anilines is 1. The number of hydrogen-bond acceptors (Lipinski definition) is 4. The molecule has 7 heteroatoms. The van der Waals surface area contributed by atoms with Gasteiger partial charge in [0.2, 0.25) is 5.91 Å². The molecule has 38 heavy (non-hydrogen) atoms. The number of rotatable bonds is 8. The van der Waals surface area contributed by atoms with Crippen LogP contribution in [0.1, 0.15) is 33.1 Å². The van der Waals surface area contributed by atoms with E-state index in [1.807, 2.05) is 71.8 Å². The number of amides is 1. The molecule has 7 nitrogen and oxygen atoms in total. The maximum atomic E-state index is 13.1. The molecule has 0 bridgehead atoms. The fourth-order valence-corrected chi connectivity index (χ4v) is 5.62. The maximum absolute atomic E-state index is 13.1. The van der Waals surface area contributed by atoms with Crippen molar-refractivity contribution < 1.29 is 9.90 Å². The Kier molecular flexibility index (Phi) is 7.38. The quantitative estimate of drug-likeness (QED) is 0.348. The summed E-state index contributed by atoms with van der Waals surface area (Å²) in [5.74, 6) is 0.786. The first-order valence-electron chi connectivity index (χ1n) is 13.5. The molecule has 1 amide bonds. The van der Waals surface area contributed by atoms with E-state index < -0.39 is 0 Å². The lowest BCUT2D eigenvalue weighted by molar-refractivity contribution is -0.118. The van der Waals surface area contributed by atoms with Crippen LogP contribution in [-0.2, 0) is 11.3 Å². The van der Waals surface area contributed by atoms with Crippen LogP contribution in [0, 0.1) is 5.92 Å². The molecule has 5 rings (SSSR count). The van der Waals surface area contributed by atoms with Crippen molar-refractivity contribution in [1.29, 1.82) is 0 Å². The van der Waals surface area contributed by atoms with Gasteiger partial charge in [0.1, 0.15) is 5.75 Å². The minimum Gasteiger partial charge on any atom is -0.508 e. The first kappa shape index (κ1) is 25.8. The van der Waals surface area contributed by atoms with E-state index in [0.717, 1.165) is 65.7 Å². The van der Waals surface area contributed by atoms with Crippen LogP contribution in [0.3, 0.4) is 0 Å². The second-order valence-corrected chi connectivity index (χ2v) is 10.4. The average Bonchev–Trinajstić information content (AvgIpc) is 3.21. The number of carbonyl (C=O) groups excluding carboxylic acids is 1. The fraction of sp³-hybridized carbons (Fsp3) is 0.355. The topological polar surface area (TPSA) is 70.7 Å². The molecular weight excluding hydrogens is 476 g/mol. The van der Waals surface area contributed by atoms with Crippen LogP contribution >= 0.6 is 0 Å². The lowest BCUT2D eigenvalue weighted by Gasteiger charge is -2.35. The number of allylic oxidation sites excluding steroid dienone is 1. The molecular formula is C31H36N4O3. The molecule has 1 aliphatic heterocycles. The monoisotopic (exact) mass is 512 g/mol. The zero-order chi connectivity index (χ0) is 26.8. The van der Waals surface area contributed by atoms with E-state index in [0.29, 0.717) is 25.4 Å². The van der Waals surface area contributed by atoms with Gasteiger partial charge in [-0.2, -0.15) is 0 Å². The summed E-state index contributed by atoms with van der Waals surface area (Å²) in [6, 6.07) is 19.2. The van der Waals surface area contributed by atoms with Crippen LogP contribution in [0.2, 0.25) is 0 Å². The summed E-state index contributed by atoms with van der Waals surface area (Å²) in [5, 5.41) is 11.7. The average molecular weight is 513 g/mol. The lowest BCUT2D eigenvalue weighted by Crippen LogP contribution is -2.42. The van der Waals surface area contributed by atoms with E-state index in [2.05, 4.69) is 11.5 Å². The molecule has 0 saturated carbocycles. The predicted octanol–water partition coefficient (Wildman–Crippen LogP) is 5.31. The Bertz CT molecular complexity index is 1540. The van der Waals surface area contributed by atoms with Gasteiger partial charge in [0.25, 0.3) is 0 Å². The molecule has 0 spiro atoms. The Hall–Kier alpha value is -3.84. The van der Waals surface area contributed by atoms with Gasteiger partial charge in [-0.1, -0.05) is 37.8 Å². The number of phenolic OH excluding ortho intramolecular Hbond substituents is 1. The molecule has 0 atom stereocenters. The summed E-state index contributed by atoms with van der Waals surface area (Å²) in [6.45, 7) is 11.8. The molecule has 4 aromatic rings. The van der Waals surface area contributed by atoms with E-state index in [1.54, 1.807) is 16.7 Å². The van der Waals surface area contributed by atoms with Crippen LogP contribution in [0.4, 0.5) is 5.69 Å². The fourth-order valence-electron chi connectivity index (χ4n) is 5.62. The molecule has 0 unspecified atom stereocenters.